The largest absolute Gasteiger partial charge is 0.480 e. The Hall–Kier alpha value is -2.10. The van der Waals surface area contributed by atoms with Gasteiger partial charge in [-0.05, 0) is 11.6 Å². The van der Waals surface area contributed by atoms with Gasteiger partial charge in [-0.1, -0.05) is 30.9 Å². The summed E-state index contributed by atoms with van der Waals surface area (Å²) in [5.41, 5.74) is 1.11. The van der Waals surface area contributed by atoms with Gasteiger partial charge in [0, 0.05) is 5.56 Å². The molecule has 4 heteroatoms. The number of rotatable bonds is 4. The molecule has 0 heterocycles. The van der Waals surface area contributed by atoms with Gasteiger partial charge in [0.05, 0.1) is 0 Å². The zero-order valence-electron chi connectivity index (χ0n) is 8.06. The van der Waals surface area contributed by atoms with Crippen LogP contribution in [-0.4, -0.2) is 23.5 Å². The van der Waals surface area contributed by atoms with E-state index in [1.165, 1.54) is 0 Å². The topological polar surface area (TPSA) is 66.4 Å². The zero-order valence-corrected chi connectivity index (χ0v) is 8.06. The fourth-order valence-electron chi connectivity index (χ4n) is 1.13. The van der Waals surface area contributed by atoms with Gasteiger partial charge in [0.25, 0.3) is 5.91 Å². The number of carboxylic acid groups (broad SMARTS) is 1. The molecule has 2 N–H and O–H groups in total. The first-order chi connectivity index (χ1) is 7.15. The van der Waals surface area contributed by atoms with Crippen molar-refractivity contribution in [1.82, 2.24) is 5.32 Å². The quantitative estimate of drug-likeness (QED) is 0.774. The van der Waals surface area contributed by atoms with Crippen LogP contribution < -0.4 is 5.32 Å². The Morgan fingerprint density at radius 1 is 1.40 bits per heavy atom. The molecule has 0 spiro atoms. The molecule has 0 fully saturated rings. The monoisotopic (exact) mass is 205 g/mol. The highest BCUT2D eigenvalue weighted by atomic mass is 16.4. The van der Waals surface area contributed by atoms with Crippen LogP contribution in [0.1, 0.15) is 15.9 Å². The molecule has 15 heavy (non-hydrogen) atoms. The number of carbonyl (C=O) groups is 2. The Labute approximate surface area is 87.2 Å². The van der Waals surface area contributed by atoms with E-state index >= 15 is 0 Å². The van der Waals surface area contributed by atoms with E-state index in [0.29, 0.717) is 11.1 Å². The van der Waals surface area contributed by atoms with Crippen LogP contribution >= 0.6 is 0 Å². The molecular formula is C11H11NO3. The fourth-order valence-corrected chi connectivity index (χ4v) is 1.13. The molecule has 1 aromatic rings. The number of benzene rings is 1. The average Bonchev–Trinajstić information content (AvgIpc) is 2.25. The molecule has 0 aliphatic heterocycles. The molecule has 0 aliphatic rings. The molecule has 0 saturated carbocycles. The second kappa shape index (κ2) is 4.95. The molecule has 0 aromatic heterocycles. The number of carbonyl (C=O) groups excluding carboxylic acids is 1. The minimum atomic E-state index is -1.07. The van der Waals surface area contributed by atoms with Crippen molar-refractivity contribution in [1.29, 1.82) is 0 Å². The van der Waals surface area contributed by atoms with E-state index in [9.17, 15) is 9.59 Å². The Balaban J connectivity index is 2.81. The van der Waals surface area contributed by atoms with Crippen molar-refractivity contribution < 1.29 is 14.7 Å². The van der Waals surface area contributed by atoms with Gasteiger partial charge in [0.1, 0.15) is 6.54 Å². The van der Waals surface area contributed by atoms with Crippen LogP contribution in [-0.2, 0) is 4.79 Å². The van der Waals surface area contributed by atoms with Crippen LogP contribution in [0.5, 0.6) is 0 Å². The van der Waals surface area contributed by atoms with E-state index in [4.69, 9.17) is 5.11 Å². The molecule has 0 atom stereocenters. The van der Waals surface area contributed by atoms with Crippen molar-refractivity contribution >= 4 is 18.0 Å². The molecule has 0 unspecified atom stereocenters. The lowest BCUT2D eigenvalue weighted by atomic mass is 10.1. The molecular weight excluding hydrogens is 194 g/mol. The lowest BCUT2D eigenvalue weighted by molar-refractivity contribution is -0.135. The van der Waals surface area contributed by atoms with Gasteiger partial charge in [-0.3, -0.25) is 9.59 Å². The Kier molecular flexibility index (Phi) is 3.62. The van der Waals surface area contributed by atoms with Crippen molar-refractivity contribution in [2.75, 3.05) is 6.54 Å². The van der Waals surface area contributed by atoms with Gasteiger partial charge in [-0.25, -0.2) is 0 Å². The molecule has 0 bridgehead atoms. The maximum atomic E-state index is 11.5. The van der Waals surface area contributed by atoms with Gasteiger partial charge in [-0.2, -0.15) is 0 Å². The summed E-state index contributed by atoms with van der Waals surface area (Å²) in [4.78, 5) is 21.8. The minimum absolute atomic E-state index is 0.385. The summed E-state index contributed by atoms with van der Waals surface area (Å²) in [5, 5.41) is 10.7. The third kappa shape index (κ3) is 2.95. The first kappa shape index (κ1) is 11.0. The molecule has 1 aromatic carbocycles. The van der Waals surface area contributed by atoms with Crippen molar-refractivity contribution in [2.24, 2.45) is 0 Å². The normalized spacial score (nSPS) is 9.33. The van der Waals surface area contributed by atoms with Crippen LogP contribution in [0, 0.1) is 0 Å². The van der Waals surface area contributed by atoms with Gasteiger partial charge in [0.15, 0.2) is 0 Å². The van der Waals surface area contributed by atoms with Crippen molar-refractivity contribution in [3.63, 3.8) is 0 Å². The lowest BCUT2D eigenvalue weighted by Gasteiger charge is -2.05. The summed E-state index contributed by atoms with van der Waals surface area (Å²) in [6.45, 7) is 3.19. The average molecular weight is 205 g/mol. The highest BCUT2D eigenvalue weighted by Gasteiger charge is 2.09. The first-order valence-electron chi connectivity index (χ1n) is 4.36. The molecule has 1 amide bonds. The number of hydrogen-bond acceptors (Lipinski definition) is 2. The van der Waals surface area contributed by atoms with Crippen LogP contribution in [0.15, 0.2) is 30.8 Å². The smallest absolute Gasteiger partial charge is 0.322 e. The van der Waals surface area contributed by atoms with E-state index in [1.807, 2.05) is 0 Å². The highest BCUT2D eigenvalue weighted by Crippen LogP contribution is 2.09. The summed E-state index contributed by atoms with van der Waals surface area (Å²) in [7, 11) is 0. The predicted octanol–water partition coefficient (Wildman–Crippen LogP) is 1.14. The van der Waals surface area contributed by atoms with Crippen molar-refractivity contribution in [3.8, 4) is 0 Å². The predicted molar refractivity (Wildman–Crippen MR) is 56.5 cm³/mol. The van der Waals surface area contributed by atoms with E-state index in [-0.39, 0.29) is 6.54 Å². The Bertz CT molecular complexity index is 399. The van der Waals surface area contributed by atoms with Crippen molar-refractivity contribution in [2.45, 2.75) is 0 Å². The Morgan fingerprint density at radius 2 is 2.07 bits per heavy atom. The number of amides is 1. The molecule has 78 valence electrons. The van der Waals surface area contributed by atoms with E-state index in [2.05, 4.69) is 11.9 Å². The fraction of sp³-hybridized carbons (Fsp3) is 0.0909. The summed E-state index contributed by atoms with van der Waals surface area (Å²) in [5.74, 6) is -1.48. The maximum absolute atomic E-state index is 11.5. The Morgan fingerprint density at radius 3 is 2.67 bits per heavy atom. The summed E-state index contributed by atoms with van der Waals surface area (Å²) >= 11 is 0. The third-order valence-electron chi connectivity index (χ3n) is 1.83. The van der Waals surface area contributed by atoms with Crippen molar-refractivity contribution in [3.05, 3.63) is 42.0 Å². The molecule has 4 nitrogen and oxygen atoms in total. The zero-order chi connectivity index (χ0) is 11.3. The van der Waals surface area contributed by atoms with Crippen LogP contribution in [0.2, 0.25) is 0 Å². The van der Waals surface area contributed by atoms with Gasteiger partial charge in [0.2, 0.25) is 0 Å². The molecule has 0 aliphatic carbocycles. The number of nitrogens with one attached hydrogen (secondary N) is 1. The second-order valence-electron chi connectivity index (χ2n) is 2.87. The van der Waals surface area contributed by atoms with Gasteiger partial charge < -0.3 is 10.4 Å². The first-order valence-corrected chi connectivity index (χ1v) is 4.36. The molecule has 1 rings (SSSR count). The lowest BCUT2D eigenvalue weighted by Crippen LogP contribution is -2.29. The summed E-state index contributed by atoms with van der Waals surface area (Å²) in [6, 6.07) is 6.85. The maximum Gasteiger partial charge on any atom is 0.322 e. The number of aliphatic carboxylic acids is 1. The second-order valence-corrected chi connectivity index (χ2v) is 2.87. The van der Waals surface area contributed by atoms with Crippen LogP contribution in [0.4, 0.5) is 0 Å². The summed E-state index contributed by atoms with van der Waals surface area (Å²) in [6.07, 6.45) is 1.55. The van der Waals surface area contributed by atoms with Gasteiger partial charge >= 0.3 is 5.97 Å². The van der Waals surface area contributed by atoms with E-state index in [0.717, 1.165) is 0 Å². The number of hydrogen-bond donors (Lipinski definition) is 2. The minimum Gasteiger partial charge on any atom is -0.480 e. The van der Waals surface area contributed by atoms with Crippen LogP contribution in [0.25, 0.3) is 6.08 Å². The molecule has 0 radical (unpaired) electrons. The van der Waals surface area contributed by atoms with E-state index in [1.54, 1.807) is 30.3 Å². The third-order valence-corrected chi connectivity index (χ3v) is 1.83. The standard InChI is InChI=1S/C11H11NO3/c1-2-8-5-3-4-6-9(8)11(15)12-7-10(13)14/h2-6H,1,7H2,(H,12,15)(H,13,14). The highest BCUT2D eigenvalue weighted by molar-refractivity contribution is 5.98. The van der Waals surface area contributed by atoms with E-state index < -0.39 is 11.9 Å². The SMILES string of the molecule is C=Cc1ccccc1C(=O)NCC(=O)O. The molecule has 0 saturated heterocycles. The van der Waals surface area contributed by atoms with Crippen LogP contribution in [0.3, 0.4) is 0 Å². The number of carboxylic acids is 1. The van der Waals surface area contributed by atoms with Gasteiger partial charge in [-0.15, -0.1) is 0 Å². The summed E-state index contributed by atoms with van der Waals surface area (Å²) < 4.78 is 0.